The molecule has 1 aliphatic heterocycles. The molecule has 0 aromatic heterocycles. The molecule has 3 nitrogen and oxygen atoms in total. The first-order valence-corrected chi connectivity index (χ1v) is 8.13. The highest BCUT2D eigenvalue weighted by Crippen LogP contribution is 2.40. The largest absolute Gasteiger partial charge is 0.303 e. The van der Waals surface area contributed by atoms with Crippen LogP contribution in [0.4, 0.5) is 0 Å². The third kappa shape index (κ3) is 2.95. The molecule has 1 heterocycles. The van der Waals surface area contributed by atoms with Gasteiger partial charge in [0.1, 0.15) is 5.54 Å². The van der Waals surface area contributed by atoms with Crippen LogP contribution >= 0.6 is 0 Å². The minimum absolute atomic E-state index is 0.188. The number of likely N-dealkylation sites (tertiary alicyclic amines) is 1. The zero-order chi connectivity index (χ0) is 13.3. The minimum Gasteiger partial charge on any atom is -0.303 e. The molecule has 106 valence electrons. The Morgan fingerprint density at radius 2 is 2.16 bits per heavy atom. The summed E-state index contributed by atoms with van der Waals surface area (Å²) in [6, 6.07) is 3.30. The van der Waals surface area contributed by atoms with E-state index in [4.69, 9.17) is 0 Å². The monoisotopic (exact) mass is 261 g/mol. The van der Waals surface area contributed by atoms with Crippen molar-refractivity contribution in [2.24, 2.45) is 11.8 Å². The molecule has 3 heteroatoms. The van der Waals surface area contributed by atoms with Gasteiger partial charge < -0.3 is 4.90 Å². The molecule has 3 atom stereocenters. The molecule has 0 aromatic carbocycles. The first-order valence-electron chi connectivity index (χ1n) is 8.13. The summed E-state index contributed by atoms with van der Waals surface area (Å²) in [6.45, 7) is 6.08. The molecule has 0 aromatic rings. The third-order valence-electron chi connectivity index (χ3n) is 5.36. The first-order chi connectivity index (χ1) is 9.22. The van der Waals surface area contributed by atoms with Crippen LogP contribution in [0.5, 0.6) is 0 Å². The van der Waals surface area contributed by atoms with Gasteiger partial charge in [0.05, 0.1) is 6.07 Å². The first kappa shape index (κ1) is 13.4. The number of hydrogen-bond donors (Lipinski definition) is 1. The second-order valence-corrected chi connectivity index (χ2v) is 7.07. The summed E-state index contributed by atoms with van der Waals surface area (Å²) in [7, 11) is 0. The Balaban J connectivity index is 1.54. The summed E-state index contributed by atoms with van der Waals surface area (Å²) in [5.74, 6) is 1.45. The van der Waals surface area contributed by atoms with Crippen LogP contribution in [0.3, 0.4) is 0 Å². The molecule has 3 aliphatic rings. The molecule has 0 spiro atoms. The van der Waals surface area contributed by atoms with Gasteiger partial charge in [-0.2, -0.15) is 5.26 Å². The van der Waals surface area contributed by atoms with Crippen molar-refractivity contribution in [2.75, 3.05) is 19.6 Å². The van der Waals surface area contributed by atoms with Crippen molar-refractivity contribution in [2.45, 2.75) is 63.5 Å². The summed E-state index contributed by atoms with van der Waals surface area (Å²) in [5.41, 5.74) is -0.188. The Morgan fingerprint density at radius 3 is 2.79 bits per heavy atom. The average molecular weight is 261 g/mol. The third-order valence-corrected chi connectivity index (χ3v) is 5.36. The fraction of sp³-hybridized carbons (Fsp3) is 0.938. The van der Waals surface area contributed by atoms with Crippen LogP contribution in [0.25, 0.3) is 0 Å². The highest BCUT2D eigenvalue weighted by atomic mass is 15.1. The van der Waals surface area contributed by atoms with Crippen molar-refractivity contribution in [1.29, 1.82) is 5.26 Å². The lowest BCUT2D eigenvalue weighted by atomic mass is 9.85. The van der Waals surface area contributed by atoms with Crippen molar-refractivity contribution in [3.63, 3.8) is 0 Å². The lowest BCUT2D eigenvalue weighted by Crippen LogP contribution is -2.48. The SMILES string of the molecule is CC1CCN(CCC2CCCC2(C#N)NC2CC2)C1. The maximum atomic E-state index is 9.67. The van der Waals surface area contributed by atoms with Gasteiger partial charge in [0, 0.05) is 12.6 Å². The zero-order valence-corrected chi connectivity index (χ0v) is 12.2. The van der Waals surface area contributed by atoms with Crippen LogP contribution in [0.2, 0.25) is 0 Å². The fourth-order valence-electron chi connectivity index (χ4n) is 4.00. The zero-order valence-electron chi connectivity index (χ0n) is 12.2. The Morgan fingerprint density at radius 1 is 1.32 bits per heavy atom. The van der Waals surface area contributed by atoms with Gasteiger partial charge in [0.15, 0.2) is 0 Å². The molecule has 0 bridgehead atoms. The van der Waals surface area contributed by atoms with E-state index in [0.717, 1.165) is 12.3 Å². The van der Waals surface area contributed by atoms with E-state index in [9.17, 15) is 5.26 Å². The Bertz CT molecular complexity index is 357. The molecular weight excluding hydrogens is 234 g/mol. The lowest BCUT2D eigenvalue weighted by molar-refractivity contribution is 0.245. The number of nitrogens with zero attached hydrogens (tertiary/aromatic N) is 2. The van der Waals surface area contributed by atoms with Crippen molar-refractivity contribution in [3.8, 4) is 6.07 Å². The van der Waals surface area contributed by atoms with Crippen LogP contribution in [0, 0.1) is 23.2 Å². The van der Waals surface area contributed by atoms with E-state index >= 15 is 0 Å². The highest BCUT2D eigenvalue weighted by Gasteiger charge is 2.45. The standard InChI is InChI=1S/C16H27N3/c1-13-6-9-19(11-13)10-7-14-3-2-8-16(14,12-17)18-15-4-5-15/h13-15,18H,2-11H2,1H3. The molecule has 19 heavy (non-hydrogen) atoms. The number of rotatable bonds is 5. The molecule has 0 amide bonds. The summed E-state index contributed by atoms with van der Waals surface area (Å²) in [5, 5.41) is 13.3. The number of hydrogen-bond acceptors (Lipinski definition) is 3. The van der Waals surface area contributed by atoms with E-state index in [0.29, 0.717) is 12.0 Å². The summed E-state index contributed by atoms with van der Waals surface area (Å²) >= 11 is 0. The van der Waals surface area contributed by atoms with Crippen molar-refractivity contribution in [3.05, 3.63) is 0 Å². The van der Waals surface area contributed by atoms with Crippen LogP contribution in [0.1, 0.15) is 51.9 Å². The molecule has 3 fully saturated rings. The molecular formula is C16H27N3. The van der Waals surface area contributed by atoms with E-state index in [2.05, 4.69) is 23.2 Å². The molecule has 2 saturated carbocycles. The van der Waals surface area contributed by atoms with Gasteiger partial charge >= 0.3 is 0 Å². The molecule has 3 unspecified atom stereocenters. The molecule has 3 rings (SSSR count). The predicted molar refractivity (Wildman–Crippen MR) is 76.7 cm³/mol. The van der Waals surface area contributed by atoms with Gasteiger partial charge in [-0.05, 0) is 63.5 Å². The van der Waals surface area contributed by atoms with E-state index < -0.39 is 0 Å². The van der Waals surface area contributed by atoms with Crippen molar-refractivity contribution >= 4 is 0 Å². The highest BCUT2D eigenvalue weighted by molar-refractivity contribution is 5.16. The normalized spacial score (nSPS) is 39.6. The van der Waals surface area contributed by atoms with E-state index in [1.54, 1.807) is 0 Å². The van der Waals surface area contributed by atoms with Crippen LogP contribution in [-0.4, -0.2) is 36.1 Å². The second-order valence-electron chi connectivity index (χ2n) is 7.07. The topological polar surface area (TPSA) is 39.1 Å². The molecule has 0 radical (unpaired) electrons. The maximum Gasteiger partial charge on any atom is 0.109 e. The molecule has 2 aliphatic carbocycles. The Hall–Kier alpha value is -0.590. The summed E-state index contributed by atoms with van der Waals surface area (Å²) in [4.78, 5) is 2.60. The smallest absolute Gasteiger partial charge is 0.109 e. The maximum absolute atomic E-state index is 9.67. The minimum atomic E-state index is -0.188. The van der Waals surface area contributed by atoms with Gasteiger partial charge in [-0.25, -0.2) is 0 Å². The van der Waals surface area contributed by atoms with Crippen molar-refractivity contribution < 1.29 is 0 Å². The summed E-state index contributed by atoms with van der Waals surface area (Å²) < 4.78 is 0. The van der Waals surface area contributed by atoms with E-state index in [-0.39, 0.29) is 5.54 Å². The van der Waals surface area contributed by atoms with Gasteiger partial charge in [-0.15, -0.1) is 0 Å². The second kappa shape index (κ2) is 5.42. The molecule has 1 N–H and O–H groups in total. The number of nitriles is 1. The quantitative estimate of drug-likeness (QED) is 0.826. The van der Waals surface area contributed by atoms with Crippen LogP contribution < -0.4 is 5.32 Å². The molecule has 1 saturated heterocycles. The summed E-state index contributed by atoms with van der Waals surface area (Å²) in [6.07, 6.45) is 8.67. The average Bonchev–Trinajstić information content (AvgIpc) is 2.97. The Labute approximate surface area is 117 Å². The van der Waals surface area contributed by atoms with Gasteiger partial charge in [-0.3, -0.25) is 5.32 Å². The van der Waals surface area contributed by atoms with E-state index in [1.807, 2.05) is 0 Å². The fourth-order valence-corrected chi connectivity index (χ4v) is 4.00. The van der Waals surface area contributed by atoms with Crippen LogP contribution in [-0.2, 0) is 0 Å². The van der Waals surface area contributed by atoms with Gasteiger partial charge in [-0.1, -0.05) is 13.3 Å². The Kier molecular flexibility index (Phi) is 3.82. The van der Waals surface area contributed by atoms with Crippen molar-refractivity contribution in [1.82, 2.24) is 10.2 Å². The van der Waals surface area contributed by atoms with E-state index in [1.165, 1.54) is 58.2 Å². The van der Waals surface area contributed by atoms with Gasteiger partial charge in [0.2, 0.25) is 0 Å². The van der Waals surface area contributed by atoms with Crippen LogP contribution in [0.15, 0.2) is 0 Å². The predicted octanol–water partition coefficient (Wildman–Crippen LogP) is 2.53. The lowest BCUT2D eigenvalue weighted by Gasteiger charge is -2.31. The number of nitrogens with one attached hydrogen (secondary N) is 1. The van der Waals surface area contributed by atoms with Gasteiger partial charge in [0.25, 0.3) is 0 Å².